The highest BCUT2D eigenvalue weighted by atomic mass is 35.5. The summed E-state index contributed by atoms with van der Waals surface area (Å²) >= 11 is 6.22. The van der Waals surface area contributed by atoms with Gasteiger partial charge in [0.2, 0.25) is 5.95 Å². The molecule has 0 aliphatic rings. The first-order valence-electron chi connectivity index (χ1n) is 6.78. The summed E-state index contributed by atoms with van der Waals surface area (Å²) in [4.78, 5) is 10.7. The molecule has 0 atom stereocenters. The van der Waals surface area contributed by atoms with Crippen LogP contribution in [0.25, 0.3) is 0 Å². The Morgan fingerprint density at radius 3 is 2.90 bits per heavy atom. The van der Waals surface area contributed by atoms with Crippen LogP contribution in [0.2, 0.25) is 5.02 Å². The van der Waals surface area contributed by atoms with Crippen LogP contribution in [0.4, 0.5) is 11.8 Å². The molecule has 0 amide bonds. The summed E-state index contributed by atoms with van der Waals surface area (Å²) in [7, 11) is 0. The second-order valence-corrected chi connectivity index (χ2v) is 4.79. The fraction of sp³-hybridized carbons (Fsp3) is 0.429. The lowest BCUT2D eigenvalue weighted by Crippen LogP contribution is -2.24. The first-order valence-corrected chi connectivity index (χ1v) is 7.16. The van der Waals surface area contributed by atoms with Crippen molar-refractivity contribution in [1.82, 2.24) is 9.97 Å². The Labute approximate surface area is 124 Å². The lowest BCUT2D eigenvalue weighted by molar-refractivity contribution is 0.503. The maximum atomic E-state index is 6.22. The predicted molar refractivity (Wildman–Crippen MR) is 81.3 cm³/mol. The molecular formula is C14H19ClN4O. The molecule has 2 heterocycles. The van der Waals surface area contributed by atoms with Crippen LogP contribution in [0.3, 0.4) is 0 Å². The van der Waals surface area contributed by atoms with Gasteiger partial charge in [-0.05, 0) is 25.5 Å². The van der Waals surface area contributed by atoms with Crippen molar-refractivity contribution in [3.8, 4) is 0 Å². The van der Waals surface area contributed by atoms with E-state index in [1.807, 2.05) is 12.1 Å². The van der Waals surface area contributed by atoms with Crippen molar-refractivity contribution in [3.05, 3.63) is 35.4 Å². The highest BCUT2D eigenvalue weighted by Gasteiger charge is 2.14. The molecule has 1 N–H and O–H groups in total. The number of anilines is 2. The van der Waals surface area contributed by atoms with Crippen molar-refractivity contribution in [2.75, 3.05) is 23.3 Å². The summed E-state index contributed by atoms with van der Waals surface area (Å²) in [5, 5.41) is 3.71. The summed E-state index contributed by atoms with van der Waals surface area (Å²) in [6, 6.07) is 3.81. The summed E-state index contributed by atoms with van der Waals surface area (Å²) in [5.41, 5.74) is 0. The Balaban J connectivity index is 2.19. The van der Waals surface area contributed by atoms with E-state index >= 15 is 0 Å². The minimum Gasteiger partial charge on any atom is -0.467 e. The van der Waals surface area contributed by atoms with Crippen molar-refractivity contribution in [1.29, 1.82) is 0 Å². The van der Waals surface area contributed by atoms with Gasteiger partial charge in [0, 0.05) is 13.1 Å². The number of aromatic nitrogens is 2. The van der Waals surface area contributed by atoms with E-state index in [4.69, 9.17) is 16.0 Å². The number of hydrogen-bond donors (Lipinski definition) is 1. The van der Waals surface area contributed by atoms with Crippen molar-refractivity contribution in [3.63, 3.8) is 0 Å². The van der Waals surface area contributed by atoms with Gasteiger partial charge in [-0.3, -0.25) is 0 Å². The summed E-state index contributed by atoms with van der Waals surface area (Å²) in [6.45, 7) is 6.41. The molecule has 0 aliphatic heterocycles. The molecule has 0 saturated heterocycles. The van der Waals surface area contributed by atoms with E-state index in [-0.39, 0.29) is 0 Å². The lowest BCUT2D eigenvalue weighted by atomic mass is 10.3. The quantitative estimate of drug-likeness (QED) is 0.846. The summed E-state index contributed by atoms with van der Waals surface area (Å²) in [6.07, 6.45) is 4.32. The largest absolute Gasteiger partial charge is 0.467 e. The number of nitrogens with zero attached hydrogens (tertiary/aromatic N) is 3. The Morgan fingerprint density at radius 2 is 2.25 bits per heavy atom. The highest BCUT2D eigenvalue weighted by molar-refractivity contribution is 6.32. The van der Waals surface area contributed by atoms with Crippen LogP contribution in [0.1, 0.15) is 26.0 Å². The van der Waals surface area contributed by atoms with Crippen LogP contribution in [0, 0.1) is 0 Å². The normalized spacial score (nSPS) is 10.6. The van der Waals surface area contributed by atoms with Crippen molar-refractivity contribution in [2.24, 2.45) is 0 Å². The average molecular weight is 295 g/mol. The zero-order valence-corrected chi connectivity index (χ0v) is 12.5. The molecule has 0 aliphatic carbocycles. The zero-order chi connectivity index (χ0) is 14.4. The topological polar surface area (TPSA) is 54.2 Å². The molecule has 20 heavy (non-hydrogen) atoms. The van der Waals surface area contributed by atoms with Gasteiger partial charge in [-0.1, -0.05) is 18.5 Å². The third kappa shape index (κ3) is 3.63. The van der Waals surface area contributed by atoms with Gasteiger partial charge in [-0.25, -0.2) is 4.98 Å². The summed E-state index contributed by atoms with van der Waals surface area (Å²) < 4.78 is 5.38. The van der Waals surface area contributed by atoms with Gasteiger partial charge in [0.15, 0.2) is 5.82 Å². The van der Waals surface area contributed by atoms with E-state index in [2.05, 4.69) is 34.0 Å². The van der Waals surface area contributed by atoms with E-state index in [1.54, 1.807) is 12.5 Å². The molecule has 0 unspecified atom stereocenters. The third-order valence-corrected chi connectivity index (χ3v) is 3.13. The molecule has 5 nitrogen and oxygen atoms in total. The number of furan rings is 1. The smallest absolute Gasteiger partial charge is 0.224 e. The predicted octanol–water partition coefficient (Wildman–Crippen LogP) is 3.57. The van der Waals surface area contributed by atoms with E-state index in [0.29, 0.717) is 17.5 Å². The first kappa shape index (κ1) is 14.7. The number of hydrogen-bond acceptors (Lipinski definition) is 5. The number of rotatable bonds is 7. The van der Waals surface area contributed by atoms with Gasteiger partial charge in [-0.15, -0.1) is 0 Å². The molecular weight excluding hydrogens is 276 g/mol. The van der Waals surface area contributed by atoms with Crippen molar-refractivity contribution in [2.45, 2.75) is 26.8 Å². The standard InChI is InChI=1S/C14H19ClN4O/c1-3-7-16-14-17-9-12(15)13(18-14)19(4-2)10-11-6-5-8-20-11/h5-6,8-9H,3-4,7,10H2,1-2H3,(H,16,17,18). The fourth-order valence-corrected chi connectivity index (χ4v) is 2.04. The number of nitrogens with one attached hydrogen (secondary N) is 1. The molecule has 2 aromatic heterocycles. The maximum Gasteiger partial charge on any atom is 0.224 e. The first-order chi connectivity index (χ1) is 9.74. The summed E-state index contributed by atoms with van der Waals surface area (Å²) in [5.74, 6) is 2.20. The van der Waals surface area contributed by atoms with Gasteiger partial charge in [0.1, 0.15) is 10.8 Å². The Kier molecular flexibility index (Phi) is 5.24. The third-order valence-electron chi connectivity index (χ3n) is 2.87. The Bertz CT molecular complexity index is 530. The maximum absolute atomic E-state index is 6.22. The van der Waals surface area contributed by atoms with Crippen LogP contribution < -0.4 is 10.2 Å². The van der Waals surface area contributed by atoms with Gasteiger partial charge in [-0.2, -0.15) is 4.98 Å². The molecule has 6 heteroatoms. The fourth-order valence-electron chi connectivity index (χ4n) is 1.83. The highest BCUT2D eigenvalue weighted by Crippen LogP contribution is 2.25. The average Bonchev–Trinajstić information content (AvgIpc) is 2.97. The molecule has 0 spiro atoms. The lowest BCUT2D eigenvalue weighted by Gasteiger charge is -2.22. The molecule has 0 bridgehead atoms. The van der Waals surface area contributed by atoms with Crippen LogP contribution in [0.5, 0.6) is 0 Å². The van der Waals surface area contributed by atoms with E-state index in [0.717, 1.165) is 31.1 Å². The second kappa shape index (κ2) is 7.14. The Hall–Kier alpha value is -1.75. The SMILES string of the molecule is CCCNc1ncc(Cl)c(N(CC)Cc2ccco2)n1. The van der Waals surface area contributed by atoms with Gasteiger partial charge >= 0.3 is 0 Å². The van der Waals surface area contributed by atoms with Crippen LogP contribution in [0.15, 0.2) is 29.0 Å². The Morgan fingerprint density at radius 1 is 1.40 bits per heavy atom. The van der Waals surface area contributed by atoms with Crippen LogP contribution in [-0.4, -0.2) is 23.1 Å². The van der Waals surface area contributed by atoms with Gasteiger partial charge < -0.3 is 14.6 Å². The molecule has 0 saturated carbocycles. The van der Waals surface area contributed by atoms with E-state index < -0.39 is 0 Å². The van der Waals surface area contributed by atoms with Gasteiger partial charge in [0.05, 0.1) is 19.0 Å². The molecule has 0 aromatic carbocycles. The van der Waals surface area contributed by atoms with Crippen LogP contribution >= 0.6 is 11.6 Å². The number of halogens is 1. The zero-order valence-electron chi connectivity index (χ0n) is 11.8. The van der Waals surface area contributed by atoms with Crippen LogP contribution in [-0.2, 0) is 6.54 Å². The monoisotopic (exact) mass is 294 g/mol. The van der Waals surface area contributed by atoms with E-state index in [9.17, 15) is 0 Å². The van der Waals surface area contributed by atoms with Crippen molar-refractivity contribution >= 4 is 23.4 Å². The molecule has 0 fully saturated rings. The minimum absolute atomic E-state index is 0.542. The minimum atomic E-state index is 0.542. The van der Waals surface area contributed by atoms with Gasteiger partial charge in [0.25, 0.3) is 0 Å². The second-order valence-electron chi connectivity index (χ2n) is 4.39. The molecule has 108 valence electrons. The molecule has 2 aromatic rings. The van der Waals surface area contributed by atoms with Crippen molar-refractivity contribution < 1.29 is 4.42 Å². The molecule has 0 radical (unpaired) electrons. The molecule has 2 rings (SSSR count). The van der Waals surface area contributed by atoms with E-state index in [1.165, 1.54) is 0 Å².